The second-order valence-corrected chi connectivity index (χ2v) is 14.4. The molecule has 0 aliphatic heterocycles. The maximum Gasteiger partial charge on any atom is 0.442 e. The van der Waals surface area contributed by atoms with E-state index in [0.717, 1.165) is 17.0 Å². The first-order chi connectivity index (χ1) is 21.1. The van der Waals surface area contributed by atoms with Crippen molar-refractivity contribution in [1.29, 1.82) is 0 Å². The predicted octanol–water partition coefficient (Wildman–Crippen LogP) is 8.03. The van der Waals surface area contributed by atoms with Crippen LogP contribution in [0.25, 0.3) is 0 Å². The van der Waals surface area contributed by atoms with E-state index in [2.05, 4.69) is 4.52 Å². The number of hydrogen-bond acceptors (Lipinski definition) is 5. The summed E-state index contributed by atoms with van der Waals surface area (Å²) in [7, 11) is -11.0. The lowest BCUT2D eigenvalue weighted by Crippen LogP contribution is -2.40. The van der Waals surface area contributed by atoms with E-state index in [1.807, 2.05) is 6.26 Å². The molecule has 0 heterocycles. The molecule has 0 fully saturated rings. The SMILES string of the molecule is CSc1ccc(C(=O)C(Cc2ccc(OP(=O)(O)C(F)F)cc2)(Cc2ccc(C(F)(F)P(=O)(O)O)cc2)c2ccccc2)cc1. The number of ketones is 1. The Balaban J connectivity index is 1.82. The molecule has 3 N–H and O–H groups in total. The molecule has 4 rings (SSSR count). The third-order valence-corrected chi connectivity index (χ3v) is 9.90. The Kier molecular flexibility index (Phi) is 10.5. The van der Waals surface area contributed by atoms with Crippen molar-refractivity contribution in [3.63, 3.8) is 0 Å². The van der Waals surface area contributed by atoms with E-state index in [9.17, 15) is 36.4 Å². The van der Waals surface area contributed by atoms with Crippen molar-refractivity contribution in [2.75, 3.05) is 6.26 Å². The van der Waals surface area contributed by atoms with Gasteiger partial charge in [0, 0.05) is 16.0 Å². The lowest BCUT2D eigenvalue weighted by Gasteiger charge is -2.34. The number of benzene rings is 4. The van der Waals surface area contributed by atoms with Gasteiger partial charge in [-0.1, -0.05) is 78.9 Å². The molecule has 4 aromatic carbocycles. The smallest absolute Gasteiger partial charge is 0.421 e. The van der Waals surface area contributed by atoms with Crippen LogP contribution in [0.2, 0.25) is 0 Å². The van der Waals surface area contributed by atoms with Gasteiger partial charge in [0.2, 0.25) is 0 Å². The van der Waals surface area contributed by atoms with Gasteiger partial charge < -0.3 is 19.2 Å². The molecule has 7 nitrogen and oxygen atoms in total. The summed E-state index contributed by atoms with van der Waals surface area (Å²) in [5, 5.41) is 0. The van der Waals surface area contributed by atoms with Gasteiger partial charge in [0.05, 0.1) is 5.41 Å². The number of hydrogen-bond donors (Lipinski definition) is 3. The first kappa shape index (κ1) is 34.6. The highest BCUT2D eigenvalue weighted by atomic mass is 32.2. The molecule has 14 heteroatoms. The molecule has 0 aliphatic rings. The Morgan fingerprint density at radius 3 is 1.76 bits per heavy atom. The number of Topliss-reactive ketones (excluding diaryl/α,β-unsaturated/α-hetero) is 1. The molecule has 0 bridgehead atoms. The van der Waals surface area contributed by atoms with Crippen molar-refractivity contribution >= 4 is 32.7 Å². The van der Waals surface area contributed by atoms with Crippen LogP contribution in [0, 0.1) is 0 Å². The number of carbonyl (C=O) groups is 1. The monoisotopic (exact) mass is 682 g/mol. The van der Waals surface area contributed by atoms with Gasteiger partial charge in [-0.2, -0.15) is 17.6 Å². The van der Waals surface area contributed by atoms with Crippen LogP contribution in [0.1, 0.15) is 32.6 Å². The summed E-state index contributed by atoms with van der Waals surface area (Å²) in [6.45, 7) is 0. The molecule has 2 atom stereocenters. The maximum absolute atomic E-state index is 14.6. The number of halogens is 4. The Labute approximate surface area is 261 Å². The van der Waals surface area contributed by atoms with E-state index in [4.69, 9.17) is 9.79 Å². The summed E-state index contributed by atoms with van der Waals surface area (Å²) in [6.07, 6.45) is -1.73. The highest BCUT2D eigenvalue weighted by Gasteiger charge is 2.50. The van der Waals surface area contributed by atoms with Crippen LogP contribution in [0.5, 0.6) is 5.75 Å². The van der Waals surface area contributed by atoms with Gasteiger partial charge in [-0.25, -0.2) is 4.57 Å². The van der Waals surface area contributed by atoms with Crippen LogP contribution in [0.15, 0.2) is 108 Å². The summed E-state index contributed by atoms with van der Waals surface area (Å²) in [6, 6.07) is 25.4. The molecule has 0 radical (unpaired) electrons. The van der Waals surface area contributed by atoms with Crippen molar-refractivity contribution in [1.82, 2.24) is 0 Å². The topological polar surface area (TPSA) is 121 Å². The first-order valence-electron chi connectivity index (χ1n) is 13.3. The van der Waals surface area contributed by atoms with Gasteiger partial charge in [-0.15, -0.1) is 11.8 Å². The van der Waals surface area contributed by atoms with E-state index in [1.165, 1.54) is 48.2 Å². The molecular formula is C31H28F4O7P2S. The highest BCUT2D eigenvalue weighted by molar-refractivity contribution is 7.98. The minimum Gasteiger partial charge on any atom is -0.421 e. The first-order valence-corrected chi connectivity index (χ1v) is 17.7. The van der Waals surface area contributed by atoms with Gasteiger partial charge >= 0.3 is 27.0 Å². The molecule has 0 aliphatic carbocycles. The van der Waals surface area contributed by atoms with Crippen LogP contribution in [-0.4, -0.2) is 32.9 Å². The Morgan fingerprint density at radius 2 is 1.29 bits per heavy atom. The molecule has 4 aromatic rings. The molecule has 2 unspecified atom stereocenters. The fourth-order valence-electron chi connectivity index (χ4n) is 4.88. The van der Waals surface area contributed by atoms with Crippen molar-refractivity contribution in [2.45, 2.75) is 35.0 Å². The maximum atomic E-state index is 14.6. The van der Waals surface area contributed by atoms with Gasteiger partial charge in [0.25, 0.3) is 0 Å². The van der Waals surface area contributed by atoms with Crippen molar-refractivity contribution < 1.29 is 50.7 Å². The number of carbonyl (C=O) groups excluding carboxylic acids is 1. The van der Waals surface area contributed by atoms with Gasteiger partial charge in [-0.05, 0) is 60.1 Å². The van der Waals surface area contributed by atoms with Crippen molar-refractivity contribution in [3.05, 3.63) is 131 Å². The van der Waals surface area contributed by atoms with Crippen molar-refractivity contribution in [2.24, 2.45) is 0 Å². The zero-order valence-electron chi connectivity index (χ0n) is 23.6. The Morgan fingerprint density at radius 1 is 0.778 bits per heavy atom. The normalized spacial score (nSPS) is 14.9. The van der Waals surface area contributed by atoms with Crippen LogP contribution < -0.4 is 4.52 Å². The molecule has 45 heavy (non-hydrogen) atoms. The molecule has 238 valence electrons. The fraction of sp³-hybridized carbons (Fsp3) is 0.194. The summed E-state index contributed by atoms with van der Waals surface area (Å²) in [5.74, 6) is -0.598. The second kappa shape index (κ2) is 13.6. The molecule has 0 saturated carbocycles. The largest absolute Gasteiger partial charge is 0.442 e. The van der Waals surface area contributed by atoms with E-state index >= 15 is 0 Å². The standard InChI is InChI=1S/C31H28F4O7P2S/c1-45-27-17-11-23(12-18-27)28(36)30(24-5-3-2-4-6-24,19-21-7-13-25(14-8-21)31(34,35)44(39,40)41)20-22-9-15-26(16-10-22)42-43(37,38)29(32)33/h2-18,29H,19-20H2,1H3,(H,37,38)(H2,39,40,41). The fourth-order valence-corrected chi connectivity index (χ4v) is 6.28. The van der Waals surface area contributed by atoms with Crippen molar-refractivity contribution in [3.8, 4) is 5.75 Å². The van der Waals surface area contributed by atoms with E-state index in [0.29, 0.717) is 22.3 Å². The second-order valence-electron chi connectivity index (χ2n) is 10.2. The lowest BCUT2D eigenvalue weighted by atomic mass is 9.67. The van der Waals surface area contributed by atoms with Gasteiger partial charge in [0.1, 0.15) is 5.75 Å². The summed E-state index contributed by atoms with van der Waals surface area (Å²) >= 11 is 1.49. The highest BCUT2D eigenvalue weighted by Crippen LogP contribution is 2.59. The number of alkyl halides is 4. The third kappa shape index (κ3) is 7.77. The molecule has 0 saturated heterocycles. The zero-order chi connectivity index (χ0) is 33.0. The Bertz CT molecular complexity index is 1720. The lowest BCUT2D eigenvalue weighted by molar-refractivity contribution is 0.0564. The van der Waals surface area contributed by atoms with Crippen LogP contribution in [-0.2, 0) is 33.1 Å². The molecule has 0 spiro atoms. The minimum absolute atomic E-state index is 0.0203. The van der Waals surface area contributed by atoms with Crippen LogP contribution >= 0.6 is 27.0 Å². The average Bonchev–Trinajstić information content (AvgIpc) is 3.01. The van der Waals surface area contributed by atoms with E-state index < -0.39 is 38.0 Å². The quantitative estimate of drug-likeness (QED) is 0.0561. The molecular weight excluding hydrogens is 654 g/mol. The van der Waals surface area contributed by atoms with E-state index in [-0.39, 0.29) is 24.4 Å². The minimum atomic E-state index is -5.80. The molecule has 0 amide bonds. The third-order valence-electron chi connectivity index (χ3n) is 7.20. The average molecular weight is 683 g/mol. The molecule has 0 aromatic heterocycles. The van der Waals surface area contributed by atoms with Crippen LogP contribution in [0.3, 0.4) is 0 Å². The summed E-state index contributed by atoms with van der Waals surface area (Å²) in [4.78, 5) is 43.2. The summed E-state index contributed by atoms with van der Waals surface area (Å²) in [5.41, 5.74) is -4.79. The van der Waals surface area contributed by atoms with Crippen LogP contribution in [0.4, 0.5) is 17.6 Å². The predicted molar refractivity (Wildman–Crippen MR) is 163 cm³/mol. The number of rotatable bonds is 13. The van der Waals surface area contributed by atoms with E-state index in [1.54, 1.807) is 54.6 Å². The zero-order valence-corrected chi connectivity index (χ0v) is 26.2. The van der Waals surface area contributed by atoms with Gasteiger partial charge in [-0.3, -0.25) is 9.36 Å². The summed E-state index contributed by atoms with van der Waals surface area (Å²) < 4.78 is 82.2. The Hall–Kier alpha value is -3.24. The van der Waals surface area contributed by atoms with Gasteiger partial charge in [0.15, 0.2) is 5.78 Å². The number of thioether (sulfide) groups is 1.